The largest absolute Gasteiger partial charge is 0.435 e. The Kier molecular flexibility index (Phi) is 7.63. The second-order valence-corrected chi connectivity index (χ2v) is 7.17. The van der Waals surface area contributed by atoms with Gasteiger partial charge < -0.3 is 15.4 Å². The molecule has 146 valence electrons. The molecule has 1 fully saturated rings. The predicted molar refractivity (Wildman–Crippen MR) is 101 cm³/mol. The first-order valence-corrected chi connectivity index (χ1v) is 9.14. The number of ether oxygens (including phenoxy) is 1. The molecular formula is C19H30F2N4O. The van der Waals surface area contributed by atoms with Crippen molar-refractivity contribution in [1.29, 1.82) is 0 Å². The Morgan fingerprint density at radius 3 is 2.62 bits per heavy atom. The van der Waals surface area contributed by atoms with Gasteiger partial charge in [0.1, 0.15) is 5.75 Å². The number of rotatable bonds is 7. The third kappa shape index (κ3) is 6.44. The molecule has 0 radical (unpaired) electrons. The summed E-state index contributed by atoms with van der Waals surface area (Å²) in [5.41, 5.74) is 0.893. The maximum Gasteiger partial charge on any atom is 0.387 e. The van der Waals surface area contributed by atoms with Crippen molar-refractivity contribution in [3.63, 3.8) is 0 Å². The van der Waals surface area contributed by atoms with Crippen LogP contribution in [0.1, 0.15) is 38.7 Å². The zero-order valence-corrected chi connectivity index (χ0v) is 15.9. The normalized spacial score (nSPS) is 16.6. The molecule has 1 aliphatic rings. The minimum absolute atomic E-state index is 0.0447. The summed E-state index contributed by atoms with van der Waals surface area (Å²) in [6, 6.07) is 6.68. The number of hydrogen-bond acceptors (Lipinski definition) is 3. The van der Waals surface area contributed by atoms with Crippen molar-refractivity contribution in [1.82, 2.24) is 15.5 Å². The maximum atomic E-state index is 12.3. The van der Waals surface area contributed by atoms with E-state index in [4.69, 9.17) is 0 Å². The van der Waals surface area contributed by atoms with Crippen LogP contribution in [0.2, 0.25) is 0 Å². The SMILES string of the molecule is CN=C(NCc1cccc(OC(F)F)c1)NCC(C)(C)N1CCCCC1. The number of nitrogens with zero attached hydrogens (tertiary/aromatic N) is 2. The standard InChI is InChI=1S/C19H30F2N4O/c1-19(2,25-10-5-4-6-11-25)14-24-18(22-3)23-13-15-8-7-9-16(12-15)26-17(20)21/h7-9,12,17H,4-6,10-11,13-14H2,1-3H3,(H2,22,23,24). The Hall–Kier alpha value is -1.89. The lowest BCUT2D eigenvalue weighted by Crippen LogP contribution is -2.54. The highest BCUT2D eigenvalue weighted by Gasteiger charge is 2.27. The van der Waals surface area contributed by atoms with E-state index in [1.54, 1.807) is 19.2 Å². The number of benzene rings is 1. The van der Waals surface area contributed by atoms with Crippen LogP contribution >= 0.6 is 0 Å². The summed E-state index contributed by atoms with van der Waals surface area (Å²) in [7, 11) is 1.72. The number of likely N-dealkylation sites (tertiary alicyclic amines) is 1. The van der Waals surface area contributed by atoms with Crippen molar-refractivity contribution in [2.45, 2.75) is 51.8 Å². The summed E-state index contributed by atoms with van der Waals surface area (Å²) in [6.07, 6.45) is 3.83. The van der Waals surface area contributed by atoms with E-state index in [1.807, 2.05) is 6.07 Å². The van der Waals surface area contributed by atoms with E-state index < -0.39 is 6.61 Å². The van der Waals surface area contributed by atoms with Crippen LogP contribution in [0.15, 0.2) is 29.3 Å². The van der Waals surface area contributed by atoms with Crippen molar-refractivity contribution in [3.8, 4) is 5.75 Å². The maximum absolute atomic E-state index is 12.3. The van der Waals surface area contributed by atoms with Crippen LogP contribution in [0, 0.1) is 0 Å². The molecule has 0 saturated carbocycles. The van der Waals surface area contributed by atoms with Gasteiger partial charge >= 0.3 is 6.61 Å². The van der Waals surface area contributed by atoms with Gasteiger partial charge in [0, 0.05) is 25.7 Å². The van der Waals surface area contributed by atoms with E-state index in [-0.39, 0.29) is 11.3 Å². The smallest absolute Gasteiger partial charge is 0.387 e. The monoisotopic (exact) mass is 368 g/mol. The summed E-state index contributed by atoms with van der Waals surface area (Å²) in [4.78, 5) is 6.76. The van der Waals surface area contributed by atoms with E-state index in [2.05, 4.69) is 39.1 Å². The molecule has 0 bridgehead atoms. The van der Waals surface area contributed by atoms with Crippen molar-refractivity contribution in [3.05, 3.63) is 29.8 Å². The Morgan fingerprint density at radius 2 is 1.96 bits per heavy atom. The Labute approximate surface area is 154 Å². The van der Waals surface area contributed by atoms with Crippen LogP contribution in [0.5, 0.6) is 5.75 Å². The summed E-state index contributed by atoms with van der Waals surface area (Å²) in [6.45, 7) is 5.19. The molecule has 0 amide bonds. The molecule has 0 aromatic heterocycles. The Bertz CT molecular complexity index is 587. The zero-order chi connectivity index (χ0) is 19.0. The topological polar surface area (TPSA) is 48.9 Å². The number of nitrogens with one attached hydrogen (secondary N) is 2. The highest BCUT2D eigenvalue weighted by atomic mass is 19.3. The number of halogens is 2. The molecular weight excluding hydrogens is 338 g/mol. The van der Waals surface area contributed by atoms with E-state index in [9.17, 15) is 8.78 Å². The van der Waals surface area contributed by atoms with Gasteiger partial charge in [0.15, 0.2) is 5.96 Å². The van der Waals surface area contributed by atoms with Gasteiger partial charge in [0.25, 0.3) is 0 Å². The molecule has 26 heavy (non-hydrogen) atoms. The van der Waals surface area contributed by atoms with Crippen LogP contribution in [-0.4, -0.2) is 49.7 Å². The van der Waals surface area contributed by atoms with Crippen LogP contribution in [-0.2, 0) is 6.54 Å². The Balaban J connectivity index is 1.84. The van der Waals surface area contributed by atoms with Crippen LogP contribution in [0.25, 0.3) is 0 Å². The average Bonchev–Trinajstić information content (AvgIpc) is 2.62. The number of alkyl halides is 2. The molecule has 5 nitrogen and oxygen atoms in total. The molecule has 2 N–H and O–H groups in total. The zero-order valence-electron chi connectivity index (χ0n) is 15.9. The molecule has 7 heteroatoms. The molecule has 2 rings (SSSR count). The lowest BCUT2D eigenvalue weighted by atomic mass is 9.98. The van der Waals surface area contributed by atoms with Crippen molar-refractivity contribution >= 4 is 5.96 Å². The second kappa shape index (κ2) is 9.71. The number of guanidine groups is 1. The molecule has 0 spiro atoms. The van der Waals surface area contributed by atoms with Crippen LogP contribution < -0.4 is 15.4 Å². The number of aliphatic imine (C=N–C) groups is 1. The lowest BCUT2D eigenvalue weighted by molar-refractivity contribution is -0.0498. The van der Waals surface area contributed by atoms with Crippen molar-refractivity contribution in [2.75, 3.05) is 26.7 Å². The van der Waals surface area contributed by atoms with Gasteiger partial charge in [-0.15, -0.1) is 0 Å². The van der Waals surface area contributed by atoms with Gasteiger partial charge in [-0.2, -0.15) is 8.78 Å². The third-order valence-electron chi connectivity index (χ3n) is 4.71. The van der Waals surface area contributed by atoms with Gasteiger partial charge in [-0.3, -0.25) is 9.89 Å². The first-order chi connectivity index (χ1) is 12.4. The summed E-state index contributed by atoms with van der Waals surface area (Å²) >= 11 is 0. The van der Waals surface area contributed by atoms with E-state index in [0.29, 0.717) is 12.5 Å². The quantitative estimate of drug-likeness (QED) is 0.573. The molecule has 0 unspecified atom stereocenters. The first kappa shape index (κ1) is 20.4. The highest BCUT2D eigenvalue weighted by molar-refractivity contribution is 5.79. The molecule has 1 aromatic rings. The van der Waals surface area contributed by atoms with Gasteiger partial charge in [-0.1, -0.05) is 18.6 Å². The fourth-order valence-corrected chi connectivity index (χ4v) is 3.15. The fourth-order valence-electron chi connectivity index (χ4n) is 3.15. The van der Waals surface area contributed by atoms with E-state index in [0.717, 1.165) is 25.2 Å². The van der Waals surface area contributed by atoms with Gasteiger partial charge in [-0.05, 0) is 57.5 Å². The van der Waals surface area contributed by atoms with Crippen molar-refractivity contribution < 1.29 is 13.5 Å². The number of hydrogen-bond donors (Lipinski definition) is 2. The molecule has 1 heterocycles. The predicted octanol–water partition coefficient (Wildman–Crippen LogP) is 3.22. The van der Waals surface area contributed by atoms with Crippen molar-refractivity contribution in [2.24, 2.45) is 4.99 Å². The highest BCUT2D eigenvalue weighted by Crippen LogP contribution is 2.20. The third-order valence-corrected chi connectivity index (χ3v) is 4.71. The fraction of sp³-hybridized carbons (Fsp3) is 0.632. The number of piperidine rings is 1. The van der Waals surface area contributed by atoms with Gasteiger partial charge in [-0.25, -0.2) is 0 Å². The summed E-state index contributed by atoms with van der Waals surface area (Å²) < 4.78 is 29.1. The molecule has 0 atom stereocenters. The van der Waals surface area contributed by atoms with E-state index in [1.165, 1.54) is 25.3 Å². The van der Waals surface area contributed by atoms with Gasteiger partial charge in [0.05, 0.1) is 0 Å². The molecule has 1 aromatic carbocycles. The molecule has 1 aliphatic heterocycles. The summed E-state index contributed by atoms with van der Waals surface area (Å²) in [5.74, 6) is 0.851. The second-order valence-electron chi connectivity index (χ2n) is 7.17. The minimum atomic E-state index is -2.82. The lowest BCUT2D eigenvalue weighted by Gasteiger charge is -2.41. The summed E-state index contributed by atoms with van der Waals surface area (Å²) in [5, 5.41) is 6.59. The van der Waals surface area contributed by atoms with Crippen LogP contribution in [0.4, 0.5) is 8.78 Å². The van der Waals surface area contributed by atoms with Crippen LogP contribution in [0.3, 0.4) is 0 Å². The Morgan fingerprint density at radius 1 is 1.23 bits per heavy atom. The van der Waals surface area contributed by atoms with E-state index >= 15 is 0 Å². The first-order valence-electron chi connectivity index (χ1n) is 9.14. The molecule has 1 saturated heterocycles. The minimum Gasteiger partial charge on any atom is -0.435 e. The molecule has 0 aliphatic carbocycles. The average molecular weight is 368 g/mol. The van der Waals surface area contributed by atoms with Gasteiger partial charge in [0.2, 0.25) is 0 Å².